The van der Waals surface area contributed by atoms with E-state index >= 15 is 0 Å². The van der Waals surface area contributed by atoms with Crippen LogP contribution in [0.4, 0.5) is 0 Å². The first-order valence-corrected chi connectivity index (χ1v) is 16.9. The van der Waals surface area contributed by atoms with Gasteiger partial charge in [-0.25, -0.2) is 9.59 Å². The van der Waals surface area contributed by atoms with Crippen LogP contribution in [0, 0.1) is 11.8 Å². The standard InChI is InChI=1S/C40H50O6/c1-28(2)12-8-6-10-22-43-39(41)35-16-14-33-26-37(20-18-31(33)24-35)45-30(5)46-38-21-19-32-25-36(17-15-34(32)27-38)40(42)44-23-11-7-9-13-29(3)4/h14-21,24-30H,6-13,22-23H2,1-5H3. The van der Waals surface area contributed by atoms with Crippen LogP contribution >= 0.6 is 0 Å². The Kier molecular flexibility index (Phi) is 13.3. The summed E-state index contributed by atoms with van der Waals surface area (Å²) >= 11 is 0. The molecule has 0 atom stereocenters. The van der Waals surface area contributed by atoms with Crippen molar-refractivity contribution < 1.29 is 28.5 Å². The third kappa shape index (κ3) is 11.1. The minimum atomic E-state index is -0.542. The van der Waals surface area contributed by atoms with Crippen LogP contribution in [0.5, 0.6) is 11.5 Å². The van der Waals surface area contributed by atoms with Gasteiger partial charge in [0.15, 0.2) is 0 Å². The van der Waals surface area contributed by atoms with Gasteiger partial charge in [0.05, 0.1) is 24.3 Å². The van der Waals surface area contributed by atoms with Gasteiger partial charge in [0.1, 0.15) is 11.5 Å². The number of ether oxygens (including phenoxy) is 4. The normalized spacial score (nSPS) is 11.5. The van der Waals surface area contributed by atoms with E-state index < -0.39 is 6.29 Å². The average Bonchev–Trinajstić information content (AvgIpc) is 3.03. The van der Waals surface area contributed by atoms with Gasteiger partial charge in [-0.3, -0.25) is 0 Å². The Hall–Kier alpha value is -4.06. The van der Waals surface area contributed by atoms with Crippen molar-refractivity contribution in [1.29, 1.82) is 0 Å². The number of fused-ring (bicyclic) bond motifs is 2. The maximum Gasteiger partial charge on any atom is 0.338 e. The molecule has 4 rings (SSSR count). The van der Waals surface area contributed by atoms with Gasteiger partial charge < -0.3 is 18.9 Å². The largest absolute Gasteiger partial charge is 0.462 e. The molecule has 4 aromatic rings. The van der Waals surface area contributed by atoms with Gasteiger partial charge in [0.2, 0.25) is 6.29 Å². The van der Waals surface area contributed by atoms with Gasteiger partial charge in [0.25, 0.3) is 0 Å². The van der Waals surface area contributed by atoms with E-state index in [1.165, 1.54) is 25.7 Å². The summed E-state index contributed by atoms with van der Waals surface area (Å²) in [7, 11) is 0. The van der Waals surface area contributed by atoms with Gasteiger partial charge >= 0.3 is 11.9 Å². The maximum atomic E-state index is 12.5. The molecule has 4 aromatic carbocycles. The van der Waals surface area contributed by atoms with E-state index in [9.17, 15) is 9.59 Å². The summed E-state index contributed by atoms with van der Waals surface area (Å²) in [6.45, 7) is 11.7. The number of esters is 2. The molecule has 0 amide bonds. The van der Waals surface area contributed by atoms with Gasteiger partial charge in [-0.05, 0) is 94.8 Å². The zero-order valence-electron chi connectivity index (χ0n) is 28.2. The van der Waals surface area contributed by atoms with E-state index in [0.29, 0.717) is 47.7 Å². The summed E-state index contributed by atoms with van der Waals surface area (Å²) in [5.74, 6) is 2.17. The summed E-state index contributed by atoms with van der Waals surface area (Å²) < 4.78 is 23.1. The lowest BCUT2D eigenvalue weighted by Crippen LogP contribution is -2.19. The molecule has 0 aliphatic carbocycles. The van der Waals surface area contributed by atoms with Crippen molar-refractivity contribution in [1.82, 2.24) is 0 Å². The predicted molar refractivity (Wildman–Crippen MR) is 186 cm³/mol. The van der Waals surface area contributed by atoms with Crippen molar-refractivity contribution in [3.05, 3.63) is 83.9 Å². The van der Waals surface area contributed by atoms with Gasteiger partial charge in [-0.2, -0.15) is 0 Å². The molecule has 0 unspecified atom stereocenters. The summed E-state index contributed by atoms with van der Waals surface area (Å²) in [6.07, 6.45) is 8.14. The molecule has 0 heterocycles. The number of carbonyl (C=O) groups is 2. The molecular weight excluding hydrogens is 576 g/mol. The molecule has 0 bridgehead atoms. The zero-order valence-corrected chi connectivity index (χ0v) is 28.2. The molecule has 6 nitrogen and oxygen atoms in total. The Labute approximate surface area is 274 Å². The van der Waals surface area contributed by atoms with E-state index in [1.54, 1.807) is 12.1 Å². The monoisotopic (exact) mass is 626 g/mol. The van der Waals surface area contributed by atoms with Crippen molar-refractivity contribution in [2.45, 2.75) is 92.3 Å². The molecule has 0 radical (unpaired) electrons. The highest BCUT2D eigenvalue weighted by atomic mass is 16.7. The van der Waals surface area contributed by atoms with Gasteiger partial charge in [-0.15, -0.1) is 0 Å². The maximum absolute atomic E-state index is 12.5. The smallest absolute Gasteiger partial charge is 0.338 e. The van der Waals surface area contributed by atoms with Crippen LogP contribution in [0.2, 0.25) is 0 Å². The second-order valence-electron chi connectivity index (χ2n) is 13.0. The van der Waals surface area contributed by atoms with Crippen molar-refractivity contribution >= 4 is 33.5 Å². The molecule has 46 heavy (non-hydrogen) atoms. The lowest BCUT2D eigenvalue weighted by Gasteiger charge is -2.17. The second-order valence-corrected chi connectivity index (χ2v) is 13.0. The summed E-state index contributed by atoms with van der Waals surface area (Å²) in [6, 6.07) is 22.6. The van der Waals surface area contributed by atoms with Crippen molar-refractivity contribution in [2.75, 3.05) is 13.2 Å². The summed E-state index contributed by atoms with van der Waals surface area (Å²) in [5.41, 5.74) is 1.10. The zero-order chi connectivity index (χ0) is 32.9. The molecule has 0 aromatic heterocycles. The highest BCUT2D eigenvalue weighted by molar-refractivity contribution is 5.96. The molecule has 6 heteroatoms. The first-order chi connectivity index (χ1) is 22.2. The van der Waals surface area contributed by atoms with Crippen LogP contribution in [0.15, 0.2) is 72.8 Å². The molecular formula is C40H50O6. The molecule has 0 N–H and O–H groups in total. The molecule has 246 valence electrons. The quantitative estimate of drug-likeness (QED) is 0.0622. The predicted octanol–water partition coefficient (Wildman–Crippen LogP) is 10.5. The van der Waals surface area contributed by atoms with Crippen molar-refractivity contribution in [3.63, 3.8) is 0 Å². The fourth-order valence-corrected chi connectivity index (χ4v) is 5.41. The molecule has 0 aliphatic heterocycles. The number of hydrogen-bond acceptors (Lipinski definition) is 6. The lowest BCUT2D eigenvalue weighted by molar-refractivity contribution is 0.0225. The first-order valence-electron chi connectivity index (χ1n) is 16.9. The van der Waals surface area contributed by atoms with Crippen LogP contribution in [-0.2, 0) is 9.47 Å². The summed E-state index contributed by atoms with van der Waals surface area (Å²) in [4.78, 5) is 25.1. The average molecular weight is 627 g/mol. The van der Waals surface area contributed by atoms with E-state index in [1.807, 2.05) is 67.6 Å². The van der Waals surface area contributed by atoms with Crippen molar-refractivity contribution in [2.24, 2.45) is 11.8 Å². The Balaban J connectivity index is 1.26. The van der Waals surface area contributed by atoms with Gasteiger partial charge in [-0.1, -0.05) is 90.5 Å². The fourth-order valence-electron chi connectivity index (χ4n) is 5.41. The number of hydrogen-bond donors (Lipinski definition) is 0. The van der Waals surface area contributed by atoms with Crippen LogP contribution in [0.1, 0.15) is 107 Å². The number of rotatable bonds is 18. The number of unbranched alkanes of at least 4 members (excludes halogenated alkanes) is 4. The Morgan fingerprint density at radius 2 is 0.891 bits per heavy atom. The van der Waals surface area contributed by atoms with Crippen LogP contribution < -0.4 is 9.47 Å². The third-order valence-electron chi connectivity index (χ3n) is 8.02. The highest BCUT2D eigenvalue weighted by Crippen LogP contribution is 2.26. The molecule has 0 saturated heterocycles. The van der Waals surface area contributed by atoms with Gasteiger partial charge in [0, 0.05) is 6.92 Å². The van der Waals surface area contributed by atoms with Crippen LogP contribution in [-0.4, -0.2) is 31.4 Å². The van der Waals surface area contributed by atoms with Crippen LogP contribution in [0.25, 0.3) is 21.5 Å². The topological polar surface area (TPSA) is 71.1 Å². The molecule has 0 saturated carbocycles. The third-order valence-corrected chi connectivity index (χ3v) is 8.02. The Bertz CT molecular complexity index is 1460. The first kappa shape index (κ1) is 34.8. The number of carbonyl (C=O) groups excluding carboxylic acids is 2. The lowest BCUT2D eigenvalue weighted by atomic mass is 10.1. The van der Waals surface area contributed by atoms with E-state index in [4.69, 9.17) is 18.9 Å². The van der Waals surface area contributed by atoms with E-state index in [-0.39, 0.29) is 11.9 Å². The van der Waals surface area contributed by atoms with E-state index in [0.717, 1.165) is 47.2 Å². The summed E-state index contributed by atoms with van der Waals surface area (Å²) in [5, 5.41) is 3.79. The SMILES string of the molecule is CC(C)CCCCCOC(=O)c1ccc2cc(OC(C)Oc3ccc4cc(C(=O)OCCCCCC(C)C)ccc4c3)ccc2c1. The Morgan fingerprint density at radius 1 is 0.500 bits per heavy atom. The van der Waals surface area contributed by atoms with Crippen molar-refractivity contribution in [3.8, 4) is 11.5 Å². The Morgan fingerprint density at radius 3 is 1.30 bits per heavy atom. The molecule has 0 spiro atoms. The van der Waals surface area contributed by atoms with E-state index in [2.05, 4.69) is 27.7 Å². The number of benzene rings is 4. The fraction of sp³-hybridized carbons (Fsp3) is 0.450. The second kappa shape index (κ2) is 17.6. The highest BCUT2D eigenvalue weighted by Gasteiger charge is 2.12. The molecule has 0 fully saturated rings. The minimum Gasteiger partial charge on any atom is -0.462 e. The molecule has 0 aliphatic rings. The van der Waals surface area contributed by atoms with Crippen LogP contribution in [0.3, 0.4) is 0 Å². The minimum absolute atomic E-state index is 0.289.